The number of benzene rings is 1. The number of hydrogen-bond acceptors (Lipinski definition) is 8. The normalized spacial score (nSPS) is 13.3. The summed E-state index contributed by atoms with van der Waals surface area (Å²) < 4.78 is 31.7. The van der Waals surface area contributed by atoms with Gasteiger partial charge in [-0.05, 0) is 67.0 Å². The van der Waals surface area contributed by atoms with Gasteiger partial charge in [-0.1, -0.05) is 0 Å². The standard InChI is InChI=1S/C26H37N2O6P/c1-9-27-15-32-35(28(16(2)3)17(4)5)31-11-10-30-14-23-20(8)33-26-19(7)25-21(13-22(23)26)18(6)12-24(29)34-25/h12-13,15-17H,9-11,14H2,1-8H3. The van der Waals surface area contributed by atoms with Gasteiger partial charge in [-0.3, -0.25) is 4.99 Å². The van der Waals surface area contributed by atoms with Gasteiger partial charge in [0.1, 0.15) is 16.9 Å². The summed E-state index contributed by atoms with van der Waals surface area (Å²) in [5.41, 5.74) is 3.60. The molecule has 2 heterocycles. The fraction of sp³-hybridized carbons (Fsp3) is 0.538. The summed E-state index contributed by atoms with van der Waals surface area (Å²) in [5.74, 6) is 0.784. The first-order valence-corrected chi connectivity index (χ1v) is 13.2. The monoisotopic (exact) mass is 504 g/mol. The SMILES string of the molecule is CCN=COP(OCCOCc1c(C)oc2c(C)c3oc(=O)cc(C)c3cc12)N(C(C)C)C(C)C. The van der Waals surface area contributed by atoms with Crippen LogP contribution in [0.1, 0.15) is 57.1 Å². The van der Waals surface area contributed by atoms with Gasteiger partial charge in [-0.25, -0.2) is 9.46 Å². The predicted octanol–water partition coefficient (Wildman–Crippen LogP) is 6.41. The van der Waals surface area contributed by atoms with Gasteiger partial charge in [-0.2, -0.15) is 0 Å². The lowest BCUT2D eigenvalue weighted by molar-refractivity contribution is 0.0834. The molecule has 0 aliphatic carbocycles. The first-order chi connectivity index (χ1) is 16.6. The summed E-state index contributed by atoms with van der Waals surface area (Å²) in [6, 6.07) is 4.06. The third-order valence-corrected chi connectivity index (χ3v) is 7.72. The molecule has 0 radical (unpaired) electrons. The fourth-order valence-corrected chi connectivity index (χ4v) is 5.59. The van der Waals surface area contributed by atoms with Crippen molar-refractivity contribution in [1.82, 2.24) is 4.67 Å². The molecular weight excluding hydrogens is 467 g/mol. The van der Waals surface area contributed by atoms with E-state index in [1.807, 2.05) is 33.8 Å². The Morgan fingerprint density at radius 3 is 2.37 bits per heavy atom. The zero-order valence-corrected chi connectivity index (χ0v) is 22.9. The van der Waals surface area contributed by atoms with Gasteiger partial charge in [0.15, 0.2) is 6.40 Å². The van der Waals surface area contributed by atoms with Gasteiger partial charge in [0.25, 0.3) is 0 Å². The zero-order valence-electron chi connectivity index (χ0n) is 22.0. The van der Waals surface area contributed by atoms with Crippen molar-refractivity contribution >= 4 is 36.9 Å². The van der Waals surface area contributed by atoms with Gasteiger partial charge in [0, 0.05) is 46.6 Å². The van der Waals surface area contributed by atoms with E-state index in [4.69, 9.17) is 22.6 Å². The van der Waals surface area contributed by atoms with Crippen molar-refractivity contribution in [2.75, 3.05) is 19.8 Å². The third kappa shape index (κ3) is 6.31. The Kier molecular flexibility index (Phi) is 9.47. The van der Waals surface area contributed by atoms with Crippen LogP contribution in [0.25, 0.3) is 21.9 Å². The van der Waals surface area contributed by atoms with Gasteiger partial charge in [0.05, 0.1) is 19.8 Å². The van der Waals surface area contributed by atoms with Crippen LogP contribution in [0.5, 0.6) is 0 Å². The third-order valence-electron chi connectivity index (χ3n) is 5.74. The van der Waals surface area contributed by atoms with E-state index in [0.717, 1.165) is 38.8 Å². The molecule has 35 heavy (non-hydrogen) atoms. The smallest absolute Gasteiger partial charge is 0.336 e. The van der Waals surface area contributed by atoms with E-state index < -0.39 is 8.53 Å². The number of fused-ring (bicyclic) bond motifs is 2. The maximum Gasteiger partial charge on any atom is 0.336 e. The van der Waals surface area contributed by atoms with Crippen molar-refractivity contribution in [3.8, 4) is 0 Å². The van der Waals surface area contributed by atoms with Gasteiger partial charge < -0.3 is 22.6 Å². The summed E-state index contributed by atoms with van der Waals surface area (Å²) in [6.45, 7) is 18.1. The Morgan fingerprint density at radius 1 is 1.03 bits per heavy atom. The summed E-state index contributed by atoms with van der Waals surface area (Å²) in [5, 5.41) is 1.87. The summed E-state index contributed by atoms with van der Waals surface area (Å²) in [7, 11) is -1.29. The molecule has 2 aromatic heterocycles. The highest BCUT2D eigenvalue weighted by Crippen LogP contribution is 2.45. The van der Waals surface area contributed by atoms with Crippen molar-refractivity contribution in [3.63, 3.8) is 0 Å². The minimum absolute atomic E-state index is 0.267. The molecule has 9 heteroatoms. The molecule has 0 aliphatic heterocycles. The molecule has 0 aliphatic rings. The highest BCUT2D eigenvalue weighted by atomic mass is 31.2. The molecule has 0 bridgehead atoms. The number of aliphatic imine (C=N–C) groups is 1. The number of aryl methyl sites for hydroxylation is 3. The minimum atomic E-state index is -1.29. The lowest BCUT2D eigenvalue weighted by atomic mass is 10.0. The van der Waals surface area contributed by atoms with Crippen LogP contribution in [0.3, 0.4) is 0 Å². The molecule has 192 valence electrons. The number of furan rings is 1. The highest BCUT2D eigenvalue weighted by molar-refractivity contribution is 7.45. The van der Waals surface area contributed by atoms with Crippen LogP contribution < -0.4 is 5.63 Å². The molecule has 3 rings (SSSR count). The molecule has 8 nitrogen and oxygen atoms in total. The molecule has 0 fully saturated rings. The van der Waals surface area contributed by atoms with Crippen molar-refractivity contribution in [3.05, 3.63) is 45.0 Å². The van der Waals surface area contributed by atoms with E-state index in [-0.39, 0.29) is 17.7 Å². The summed E-state index contributed by atoms with van der Waals surface area (Å²) in [4.78, 5) is 16.0. The Bertz CT molecular complexity index is 1220. The van der Waals surface area contributed by atoms with E-state index >= 15 is 0 Å². The van der Waals surface area contributed by atoms with Crippen molar-refractivity contribution < 1.29 is 22.6 Å². The quantitative estimate of drug-likeness (QED) is 0.0926. The molecule has 0 saturated heterocycles. The van der Waals surface area contributed by atoms with E-state index in [1.165, 1.54) is 12.5 Å². The van der Waals surface area contributed by atoms with Crippen molar-refractivity contribution in [2.24, 2.45) is 4.99 Å². The zero-order chi connectivity index (χ0) is 25.7. The van der Waals surface area contributed by atoms with Gasteiger partial charge >= 0.3 is 14.2 Å². The van der Waals surface area contributed by atoms with Crippen LogP contribution in [0, 0.1) is 20.8 Å². The maximum atomic E-state index is 11.9. The van der Waals surface area contributed by atoms with E-state index in [2.05, 4.69) is 37.4 Å². The first-order valence-electron chi connectivity index (χ1n) is 12.1. The Morgan fingerprint density at radius 2 is 1.71 bits per heavy atom. The Labute approximate surface area is 208 Å². The van der Waals surface area contributed by atoms with Gasteiger partial charge in [-0.15, -0.1) is 0 Å². The number of hydrogen-bond donors (Lipinski definition) is 0. The van der Waals surface area contributed by atoms with Crippen LogP contribution in [0.2, 0.25) is 0 Å². The van der Waals surface area contributed by atoms with Gasteiger partial charge in [0.2, 0.25) is 0 Å². The molecule has 1 aromatic carbocycles. The Balaban J connectivity index is 1.71. The molecule has 0 amide bonds. The molecule has 1 atom stereocenters. The number of ether oxygens (including phenoxy) is 1. The van der Waals surface area contributed by atoms with Crippen LogP contribution in [-0.2, 0) is 20.4 Å². The van der Waals surface area contributed by atoms with Crippen LogP contribution >= 0.6 is 8.53 Å². The van der Waals surface area contributed by atoms with E-state index in [0.29, 0.717) is 31.9 Å². The summed E-state index contributed by atoms with van der Waals surface area (Å²) in [6.07, 6.45) is 1.49. The number of rotatable bonds is 12. The molecule has 1 unspecified atom stereocenters. The lowest BCUT2D eigenvalue weighted by Gasteiger charge is -2.34. The lowest BCUT2D eigenvalue weighted by Crippen LogP contribution is -2.33. The Hall–Kier alpha value is -2.25. The molecular formula is C26H37N2O6P. The topological polar surface area (TPSA) is 86.6 Å². The van der Waals surface area contributed by atoms with Crippen LogP contribution in [0.15, 0.2) is 30.8 Å². The van der Waals surface area contributed by atoms with Crippen LogP contribution in [0.4, 0.5) is 0 Å². The average Bonchev–Trinajstić information content (AvgIpc) is 3.09. The molecule has 0 spiro atoms. The highest BCUT2D eigenvalue weighted by Gasteiger charge is 2.27. The van der Waals surface area contributed by atoms with Crippen molar-refractivity contribution in [2.45, 2.75) is 74.1 Å². The molecule has 3 aromatic rings. The molecule has 0 saturated carbocycles. The average molecular weight is 505 g/mol. The van der Waals surface area contributed by atoms with Crippen molar-refractivity contribution in [1.29, 1.82) is 0 Å². The first kappa shape index (κ1) is 27.3. The van der Waals surface area contributed by atoms with E-state index in [1.54, 1.807) is 0 Å². The number of nitrogens with zero attached hydrogens (tertiary/aromatic N) is 2. The minimum Gasteiger partial charge on any atom is -0.461 e. The molecule has 0 N–H and O–H groups in total. The van der Waals surface area contributed by atoms with E-state index in [9.17, 15) is 4.79 Å². The second-order valence-electron chi connectivity index (χ2n) is 9.04. The maximum absolute atomic E-state index is 11.9. The largest absolute Gasteiger partial charge is 0.461 e. The predicted molar refractivity (Wildman–Crippen MR) is 141 cm³/mol. The second kappa shape index (κ2) is 12.1. The second-order valence-corrected chi connectivity index (χ2v) is 10.4. The fourth-order valence-electron chi connectivity index (χ4n) is 4.15. The summed E-state index contributed by atoms with van der Waals surface area (Å²) >= 11 is 0. The van der Waals surface area contributed by atoms with Crippen LogP contribution in [-0.4, -0.2) is 42.9 Å².